The molecule has 2 aliphatic heterocycles. The van der Waals surface area contributed by atoms with E-state index < -0.39 is 0 Å². The average Bonchev–Trinajstić information content (AvgIpc) is 3.11. The van der Waals surface area contributed by atoms with Gasteiger partial charge in [-0.15, -0.1) is 0 Å². The van der Waals surface area contributed by atoms with Gasteiger partial charge in [-0.1, -0.05) is 6.42 Å². The molecular formula is C21H32N8O2. The molecule has 31 heavy (non-hydrogen) atoms. The van der Waals surface area contributed by atoms with Crippen LogP contribution in [0.3, 0.4) is 0 Å². The molecule has 0 aliphatic carbocycles. The lowest BCUT2D eigenvalue weighted by Crippen LogP contribution is -2.58. The molecule has 0 spiro atoms. The second-order valence-corrected chi connectivity index (χ2v) is 8.62. The summed E-state index contributed by atoms with van der Waals surface area (Å²) in [5.74, 6) is 1.73. The topological polar surface area (TPSA) is 122 Å². The van der Waals surface area contributed by atoms with E-state index in [9.17, 15) is 9.59 Å². The summed E-state index contributed by atoms with van der Waals surface area (Å²) in [5, 5.41) is 13.0. The Morgan fingerprint density at radius 1 is 1.26 bits per heavy atom. The van der Waals surface area contributed by atoms with Crippen LogP contribution in [0.5, 0.6) is 0 Å². The standard InChI is InChI=1S/C21H32N8O2/c1-4-22-20(31)12-29-14-6-5-7-15(29)10-16(9-14)28(3)21-24-17(11-19(30)25-21)23-18-8-13(2)26-27-18/h8,11,14-16H,4-7,9-10,12H2,1-3H3,(H,22,31)(H3,23,24,25,26,27,30)/t14-,15+,16?. The van der Waals surface area contributed by atoms with Crippen LogP contribution in [0.1, 0.15) is 44.7 Å². The fraction of sp³-hybridized carbons (Fsp3) is 0.619. The van der Waals surface area contributed by atoms with Gasteiger partial charge in [-0.3, -0.25) is 24.6 Å². The van der Waals surface area contributed by atoms with Crippen molar-refractivity contribution in [3.63, 3.8) is 0 Å². The third-order valence-corrected chi connectivity index (χ3v) is 6.37. The summed E-state index contributed by atoms with van der Waals surface area (Å²) in [5.41, 5.74) is 0.719. The van der Waals surface area contributed by atoms with E-state index in [0.29, 0.717) is 42.8 Å². The first-order chi connectivity index (χ1) is 14.9. The van der Waals surface area contributed by atoms with Crippen LogP contribution in [-0.2, 0) is 4.79 Å². The summed E-state index contributed by atoms with van der Waals surface area (Å²) in [6.45, 7) is 4.99. The number of nitrogens with zero attached hydrogens (tertiary/aromatic N) is 4. The molecule has 10 nitrogen and oxygen atoms in total. The second kappa shape index (κ2) is 9.09. The molecular weight excluding hydrogens is 396 g/mol. The fourth-order valence-corrected chi connectivity index (χ4v) is 4.91. The molecule has 4 rings (SSSR count). The lowest BCUT2D eigenvalue weighted by Gasteiger charge is -2.50. The van der Waals surface area contributed by atoms with Gasteiger partial charge in [-0.05, 0) is 39.5 Å². The minimum atomic E-state index is -0.208. The van der Waals surface area contributed by atoms with Crippen molar-refractivity contribution in [3.8, 4) is 0 Å². The van der Waals surface area contributed by atoms with Crippen molar-refractivity contribution in [2.24, 2.45) is 0 Å². The Kier molecular flexibility index (Phi) is 6.26. The van der Waals surface area contributed by atoms with Gasteiger partial charge >= 0.3 is 0 Å². The molecule has 0 radical (unpaired) electrons. The molecule has 4 heterocycles. The van der Waals surface area contributed by atoms with Gasteiger partial charge in [0.15, 0.2) is 5.82 Å². The molecule has 0 aromatic carbocycles. The van der Waals surface area contributed by atoms with Crippen molar-refractivity contribution in [2.45, 2.75) is 64.1 Å². The Bertz CT molecular complexity index is 956. The minimum Gasteiger partial charge on any atom is -0.355 e. The summed E-state index contributed by atoms with van der Waals surface area (Å²) in [6.07, 6.45) is 5.31. The van der Waals surface area contributed by atoms with Crippen LogP contribution in [0, 0.1) is 6.92 Å². The number of carbonyl (C=O) groups excluding carboxylic acids is 1. The average molecular weight is 429 g/mol. The molecule has 10 heteroatoms. The van der Waals surface area contributed by atoms with E-state index in [0.717, 1.165) is 31.4 Å². The van der Waals surface area contributed by atoms with Gasteiger partial charge < -0.3 is 15.5 Å². The van der Waals surface area contributed by atoms with Crippen molar-refractivity contribution in [1.29, 1.82) is 0 Å². The van der Waals surface area contributed by atoms with Crippen LogP contribution in [0.15, 0.2) is 16.9 Å². The van der Waals surface area contributed by atoms with E-state index in [1.54, 1.807) is 0 Å². The number of likely N-dealkylation sites (N-methyl/N-ethyl adjacent to an activating group) is 1. The number of nitrogens with one attached hydrogen (secondary N) is 4. The SMILES string of the molecule is CCNC(=O)CN1[C@@H]2CCC[C@H]1CC(N(C)c1nc(Nc3cc(C)[nH]n3)cc(=O)[nH]1)C2. The lowest BCUT2D eigenvalue weighted by molar-refractivity contribution is -0.125. The normalized spacial score (nSPS) is 23.4. The number of amides is 1. The van der Waals surface area contributed by atoms with Gasteiger partial charge in [0.05, 0.1) is 6.54 Å². The zero-order chi connectivity index (χ0) is 22.0. The van der Waals surface area contributed by atoms with Gasteiger partial charge in [0.2, 0.25) is 11.9 Å². The van der Waals surface area contributed by atoms with Crippen LogP contribution in [0.4, 0.5) is 17.6 Å². The number of piperidine rings is 2. The highest BCUT2D eigenvalue weighted by Gasteiger charge is 2.40. The van der Waals surface area contributed by atoms with E-state index in [1.165, 1.54) is 12.5 Å². The predicted octanol–water partition coefficient (Wildman–Crippen LogP) is 1.50. The second-order valence-electron chi connectivity index (χ2n) is 8.62. The number of H-pyrrole nitrogens is 2. The van der Waals surface area contributed by atoms with Gasteiger partial charge in [-0.2, -0.15) is 10.1 Å². The molecule has 1 unspecified atom stereocenters. The van der Waals surface area contributed by atoms with Crippen LogP contribution < -0.4 is 21.1 Å². The molecule has 3 atom stereocenters. The minimum absolute atomic E-state index is 0.101. The number of hydrogen-bond donors (Lipinski definition) is 4. The molecule has 2 saturated heterocycles. The summed E-state index contributed by atoms with van der Waals surface area (Å²) in [4.78, 5) is 36.4. The summed E-state index contributed by atoms with van der Waals surface area (Å²) in [7, 11) is 1.99. The summed E-state index contributed by atoms with van der Waals surface area (Å²) in [6, 6.07) is 4.31. The number of anilines is 3. The highest BCUT2D eigenvalue weighted by atomic mass is 16.2. The number of aromatic amines is 2. The summed E-state index contributed by atoms with van der Waals surface area (Å²) < 4.78 is 0. The van der Waals surface area contributed by atoms with E-state index >= 15 is 0 Å². The Morgan fingerprint density at radius 2 is 2.00 bits per heavy atom. The number of fused-ring (bicyclic) bond motifs is 2. The maximum Gasteiger partial charge on any atom is 0.254 e. The third-order valence-electron chi connectivity index (χ3n) is 6.37. The maximum absolute atomic E-state index is 12.3. The molecule has 2 aliphatic rings. The van der Waals surface area contributed by atoms with E-state index in [2.05, 4.69) is 40.6 Å². The zero-order valence-electron chi connectivity index (χ0n) is 18.4. The number of rotatable bonds is 7. The highest BCUT2D eigenvalue weighted by Crippen LogP contribution is 2.36. The van der Waals surface area contributed by atoms with Crippen molar-refractivity contribution in [2.75, 3.05) is 30.4 Å². The van der Waals surface area contributed by atoms with Crippen LogP contribution in [-0.4, -0.2) is 69.2 Å². The Morgan fingerprint density at radius 3 is 2.65 bits per heavy atom. The molecule has 1 amide bonds. The first-order valence-corrected chi connectivity index (χ1v) is 11.1. The Balaban J connectivity index is 1.48. The van der Waals surface area contributed by atoms with E-state index in [4.69, 9.17) is 0 Å². The zero-order valence-corrected chi connectivity index (χ0v) is 18.4. The first kappa shape index (κ1) is 21.4. The van der Waals surface area contributed by atoms with Gasteiger partial charge in [0, 0.05) is 49.5 Å². The molecule has 168 valence electrons. The van der Waals surface area contributed by atoms with Crippen molar-refractivity contribution in [1.82, 2.24) is 30.4 Å². The van der Waals surface area contributed by atoms with Crippen LogP contribution in [0.25, 0.3) is 0 Å². The largest absolute Gasteiger partial charge is 0.355 e. The maximum atomic E-state index is 12.3. The van der Waals surface area contributed by atoms with Gasteiger partial charge in [0.1, 0.15) is 5.82 Å². The molecule has 2 bridgehead atoms. The Hall–Kier alpha value is -2.88. The number of aromatic nitrogens is 4. The number of aryl methyl sites for hydroxylation is 1. The van der Waals surface area contributed by atoms with Gasteiger partial charge in [-0.25, -0.2) is 0 Å². The van der Waals surface area contributed by atoms with Crippen molar-refractivity contribution in [3.05, 3.63) is 28.2 Å². The first-order valence-electron chi connectivity index (χ1n) is 11.1. The van der Waals surface area contributed by atoms with Crippen LogP contribution in [0.2, 0.25) is 0 Å². The smallest absolute Gasteiger partial charge is 0.254 e. The molecule has 4 N–H and O–H groups in total. The van der Waals surface area contributed by atoms with Gasteiger partial charge in [0.25, 0.3) is 5.56 Å². The lowest BCUT2D eigenvalue weighted by atomic mass is 9.81. The van der Waals surface area contributed by atoms with E-state index in [1.807, 2.05) is 27.0 Å². The van der Waals surface area contributed by atoms with Crippen molar-refractivity contribution >= 4 is 23.5 Å². The van der Waals surface area contributed by atoms with Crippen LogP contribution >= 0.6 is 0 Å². The molecule has 2 aromatic heterocycles. The number of carbonyl (C=O) groups is 1. The molecule has 0 saturated carbocycles. The number of hydrogen-bond acceptors (Lipinski definition) is 7. The predicted molar refractivity (Wildman–Crippen MR) is 120 cm³/mol. The van der Waals surface area contributed by atoms with E-state index in [-0.39, 0.29) is 17.5 Å². The monoisotopic (exact) mass is 428 g/mol. The third kappa shape index (κ3) is 4.90. The molecule has 2 fully saturated rings. The summed E-state index contributed by atoms with van der Waals surface area (Å²) >= 11 is 0. The quantitative estimate of drug-likeness (QED) is 0.527. The Labute approximate surface area is 181 Å². The fourth-order valence-electron chi connectivity index (χ4n) is 4.91. The molecule has 2 aromatic rings. The highest BCUT2D eigenvalue weighted by molar-refractivity contribution is 5.78. The van der Waals surface area contributed by atoms with Crippen molar-refractivity contribution < 1.29 is 4.79 Å².